The third-order valence-corrected chi connectivity index (χ3v) is 3.66. The molecule has 0 aromatic heterocycles. The number of hydrogen-bond acceptors (Lipinski definition) is 3. The summed E-state index contributed by atoms with van der Waals surface area (Å²) in [7, 11) is 1.33. The van der Waals surface area contributed by atoms with Crippen LogP contribution in [0.3, 0.4) is 0 Å². The van der Waals surface area contributed by atoms with Crippen molar-refractivity contribution in [2.45, 2.75) is 19.3 Å². The van der Waals surface area contributed by atoms with Gasteiger partial charge in [-0.15, -0.1) is 0 Å². The van der Waals surface area contributed by atoms with Crippen molar-refractivity contribution >= 4 is 33.5 Å². The van der Waals surface area contributed by atoms with Gasteiger partial charge < -0.3 is 10.1 Å². The van der Waals surface area contributed by atoms with Gasteiger partial charge in [0.15, 0.2) is 0 Å². The lowest BCUT2D eigenvalue weighted by atomic mass is 9.85. The molecule has 1 amide bonds. The summed E-state index contributed by atoms with van der Waals surface area (Å²) in [6, 6.07) is 3.43. The number of esters is 1. The lowest BCUT2D eigenvalue weighted by Crippen LogP contribution is -2.27. The molecule has 0 bridgehead atoms. The maximum atomic E-state index is 11.8. The van der Waals surface area contributed by atoms with E-state index in [1.165, 1.54) is 7.11 Å². The molecular formula is C12H12BrNO3. The molecule has 2 rings (SSSR count). The van der Waals surface area contributed by atoms with Crippen LogP contribution >= 0.6 is 15.9 Å². The Balaban J connectivity index is 2.61. The minimum Gasteiger partial charge on any atom is -0.465 e. The van der Waals surface area contributed by atoms with Gasteiger partial charge >= 0.3 is 5.97 Å². The Morgan fingerprint density at radius 1 is 1.41 bits per heavy atom. The molecule has 4 nitrogen and oxygen atoms in total. The molecule has 0 fully saturated rings. The van der Waals surface area contributed by atoms with Crippen LogP contribution in [-0.2, 0) is 14.9 Å². The Bertz CT molecular complexity index is 523. The number of halogens is 1. The zero-order chi connectivity index (χ0) is 12.8. The van der Waals surface area contributed by atoms with Gasteiger partial charge in [-0.25, -0.2) is 4.79 Å². The van der Waals surface area contributed by atoms with Gasteiger partial charge in [0.1, 0.15) is 0 Å². The first kappa shape index (κ1) is 12.1. The number of amides is 1. The van der Waals surface area contributed by atoms with Crippen LogP contribution in [0.1, 0.15) is 29.8 Å². The summed E-state index contributed by atoms with van der Waals surface area (Å²) in [5.41, 5.74) is 1.35. The van der Waals surface area contributed by atoms with Gasteiger partial charge in [0.2, 0.25) is 5.91 Å². The second-order valence-electron chi connectivity index (χ2n) is 4.45. The van der Waals surface area contributed by atoms with Crippen molar-refractivity contribution in [3.05, 3.63) is 27.7 Å². The highest BCUT2D eigenvalue weighted by atomic mass is 79.9. The predicted octanol–water partition coefficient (Wildman–Crippen LogP) is 2.47. The molecule has 0 saturated heterocycles. The average Bonchev–Trinajstić information content (AvgIpc) is 2.48. The van der Waals surface area contributed by atoms with E-state index in [4.69, 9.17) is 4.74 Å². The number of rotatable bonds is 1. The van der Waals surface area contributed by atoms with Crippen molar-refractivity contribution in [2.75, 3.05) is 12.4 Å². The second-order valence-corrected chi connectivity index (χ2v) is 5.30. The summed E-state index contributed by atoms with van der Waals surface area (Å²) < 4.78 is 5.31. The number of fused-ring (bicyclic) bond motifs is 1. The molecule has 1 aliphatic rings. The first-order valence-corrected chi connectivity index (χ1v) is 5.91. The van der Waals surface area contributed by atoms with Gasteiger partial charge in [-0.2, -0.15) is 0 Å². The lowest BCUT2D eigenvalue weighted by molar-refractivity contribution is -0.119. The number of carbonyl (C=O) groups excluding carboxylic acids is 2. The van der Waals surface area contributed by atoms with Crippen molar-refractivity contribution < 1.29 is 14.3 Å². The van der Waals surface area contributed by atoms with Crippen LogP contribution in [0.4, 0.5) is 5.69 Å². The summed E-state index contributed by atoms with van der Waals surface area (Å²) in [5, 5.41) is 2.79. The van der Waals surface area contributed by atoms with E-state index < -0.39 is 11.4 Å². The van der Waals surface area contributed by atoms with Crippen molar-refractivity contribution in [3.8, 4) is 0 Å². The smallest absolute Gasteiger partial charge is 0.339 e. The van der Waals surface area contributed by atoms with Crippen LogP contribution < -0.4 is 5.32 Å². The number of methoxy groups -OCH3 is 1. The van der Waals surface area contributed by atoms with Gasteiger partial charge in [0.05, 0.1) is 18.1 Å². The van der Waals surface area contributed by atoms with Gasteiger partial charge in [-0.05, 0) is 47.5 Å². The Morgan fingerprint density at radius 2 is 2.06 bits per heavy atom. The SMILES string of the molecule is COC(=O)c1cc2c(cc1Br)NC(=O)C2(C)C. The number of benzene rings is 1. The zero-order valence-corrected chi connectivity index (χ0v) is 11.3. The van der Waals surface area contributed by atoms with Crippen LogP contribution in [0.15, 0.2) is 16.6 Å². The predicted molar refractivity (Wildman–Crippen MR) is 67.1 cm³/mol. The quantitative estimate of drug-likeness (QED) is 0.810. The third kappa shape index (κ3) is 1.74. The molecule has 90 valence electrons. The summed E-state index contributed by atoms with van der Waals surface area (Å²) in [6.07, 6.45) is 0. The van der Waals surface area contributed by atoms with Gasteiger partial charge in [0.25, 0.3) is 0 Å². The first-order valence-electron chi connectivity index (χ1n) is 5.11. The lowest BCUT2D eigenvalue weighted by Gasteiger charge is -2.15. The molecule has 1 aromatic rings. The van der Waals surface area contributed by atoms with E-state index in [2.05, 4.69) is 21.2 Å². The molecule has 0 spiro atoms. The number of nitrogens with one attached hydrogen (secondary N) is 1. The second kappa shape index (κ2) is 3.84. The van der Waals surface area contributed by atoms with Crippen LogP contribution in [0.25, 0.3) is 0 Å². The molecule has 1 heterocycles. The van der Waals surface area contributed by atoms with E-state index in [1.807, 2.05) is 13.8 Å². The van der Waals surface area contributed by atoms with Gasteiger partial charge in [-0.1, -0.05) is 0 Å². The molecular weight excluding hydrogens is 286 g/mol. The van der Waals surface area contributed by atoms with E-state index in [1.54, 1.807) is 12.1 Å². The normalized spacial score (nSPS) is 16.4. The van der Waals surface area contributed by atoms with Crippen LogP contribution in [0.2, 0.25) is 0 Å². The van der Waals surface area contributed by atoms with Crippen molar-refractivity contribution in [3.63, 3.8) is 0 Å². The molecule has 0 radical (unpaired) electrons. The number of hydrogen-bond donors (Lipinski definition) is 1. The number of ether oxygens (including phenoxy) is 1. The topological polar surface area (TPSA) is 55.4 Å². The fraction of sp³-hybridized carbons (Fsp3) is 0.333. The monoisotopic (exact) mass is 297 g/mol. The summed E-state index contributed by atoms with van der Waals surface area (Å²) >= 11 is 3.30. The standard InChI is InChI=1S/C12H12BrNO3/c1-12(2)7-4-6(10(15)17-3)8(13)5-9(7)14-11(12)16/h4-5H,1-3H3,(H,14,16). The molecule has 0 aliphatic carbocycles. The minimum atomic E-state index is -0.626. The highest BCUT2D eigenvalue weighted by molar-refractivity contribution is 9.10. The third-order valence-electron chi connectivity index (χ3n) is 3.00. The molecule has 5 heteroatoms. The average molecular weight is 298 g/mol. The van der Waals surface area contributed by atoms with E-state index in [9.17, 15) is 9.59 Å². The first-order chi connectivity index (χ1) is 7.87. The van der Waals surface area contributed by atoms with Crippen LogP contribution in [0.5, 0.6) is 0 Å². The largest absolute Gasteiger partial charge is 0.465 e. The van der Waals surface area contributed by atoms with Gasteiger partial charge in [-0.3, -0.25) is 4.79 Å². The van der Waals surface area contributed by atoms with Crippen LogP contribution in [0, 0.1) is 0 Å². The van der Waals surface area contributed by atoms with Crippen molar-refractivity contribution in [1.29, 1.82) is 0 Å². The molecule has 1 aliphatic heterocycles. The Labute approximate surface area is 107 Å². The number of anilines is 1. The number of carbonyl (C=O) groups is 2. The zero-order valence-electron chi connectivity index (χ0n) is 9.76. The highest BCUT2D eigenvalue weighted by Crippen LogP contribution is 2.40. The van der Waals surface area contributed by atoms with E-state index >= 15 is 0 Å². The highest BCUT2D eigenvalue weighted by Gasteiger charge is 2.39. The molecule has 0 unspecified atom stereocenters. The van der Waals surface area contributed by atoms with E-state index in [0.29, 0.717) is 10.0 Å². The van der Waals surface area contributed by atoms with Crippen LogP contribution in [-0.4, -0.2) is 19.0 Å². The van der Waals surface area contributed by atoms with Crippen molar-refractivity contribution in [2.24, 2.45) is 0 Å². The molecule has 0 atom stereocenters. The fourth-order valence-corrected chi connectivity index (χ4v) is 2.37. The molecule has 0 saturated carbocycles. The maximum Gasteiger partial charge on any atom is 0.339 e. The Hall–Kier alpha value is -1.36. The van der Waals surface area contributed by atoms with E-state index in [0.717, 1.165) is 11.3 Å². The van der Waals surface area contributed by atoms with Crippen molar-refractivity contribution in [1.82, 2.24) is 0 Å². The Morgan fingerprint density at radius 3 is 2.65 bits per heavy atom. The molecule has 1 N–H and O–H groups in total. The summed E-state index contributed by atoms with van der Waals surface area (Å²) in [5.74, 6) is -0.490. The minimum absolute atomic E-state index is 0.0681. The Kier molecular flexibility index (Phi) is 2.73. The van der Waals surface area contributed by atoms with E-state index in [-0.39, 0.29) is 5.91 Å². The summed E-state index contributed by atoms with van der Waals surface area (Å²) in [6.45, 7) is 3.65. The molecule has 17 heavy (non-hydrogen) atoms. The molecule has 1 aromatic carbocycles. The van der Waals surface area contributed by atoms with Gasteiger partial charge in [0, 0.05) is 10.2 Å². The fourth-order valence-electron chi connectivity index (χ4n) is 1.86. The maximum absolute atomic E-state index is 11.8. The summed E-state index contributed by atoms with van der Waals surface area (Å²) in [4.78, 5) is 23.3.